The van der Waals surface area contributed by atoms with E-state index in [1.165, 1.54) is 0 Å². The van der Waals surface area contributed by atoms with Crippen molar-refractivity contribution in [3.63, 3.8) is 0 Å². The maximum atomic E-state index is 9.84. The summed E-state index contributed by atoms with van der Waals surface area (Å²) in [5.74, 6) is 0.749. The third kappa shape index (κ3) is 4.10. The number of rotatable bonds is 8. The zero-order chi connectivity index (χ0) is 12.8. The summed E-state index contributed by atoms with van der Waals surface area (Å²) in [5, 5.41) is 22.6. The van der Waals surface area contributed by atoms with E-state index in [2.05, 4.69) is 5.32 Å². The normalized spacial score (nSPS) is 19.4. The van der Waals surface area contributed by atoms with Crippen LogP contribution in [0.1, 0.15) is 25.0 Å². The maximum absolute atomic E-state index is 9.84. The zero-order valence-corrected chi connectivity index (χ0v) is 10.5. The van der Waals surface area contributed by atoms with Crippen LogP contribution in [0.2, 0.25) is 0 Å². The number of aliphatic hydroxyl groups excluding tert-OH is 1. The summed E-state index contributed by atoms with van der Waals surface area (Å²) in [6.45, 7) is 1.60. The minimum atomic E-state index is -0.566. The van der Waals surface area contributed by atoms with Crippen LogP contribution >= 0.6 is 0 Å². The summed E-state index contributed by atoms with van der Waals surface area (Å²) in [7, 11) is 0. The van der Waals surface area contributed by atoms with Crippen LogP contribution < -0.4 is 5.32 Å². The fourth-order valence-corrected chi connectivity index (χ4v) is 1.98. The third-order valence-electron chi connectivity index (χ3n) is 3.25. The molecule has 1 unspecified atom stereocenters. The number of hydrogen-bond donors (Lipinski definition) is 3. The van der Waals surface area contributed by atoms with Gasteiger partial charge in [-0.2, -0.15) is 0 Å². The Morgan fingerprint density at radius 3 is 2.94 bits per heavy atom. The fourth-order valence-electron chi connectivity index (χ4n) is 1.98. The molecule has 0 amide bonds. The van der Waals surface area contributed by atoms with Crippen molar-refractivity contribution in [1.29, 1.82) is 0 Å². The van der Waals surface area contributed by atoms with E-state index in [1.54, 1.807) is 12.3 Å². The first kappa shape index (κ1) is 13.5. The van der Waals surface area contributed by atoms with E-state index < -0.39 is 11.7 Å². The highest BCUT2D eigenvalue weighted by Crippen LogP contribution is 2.30. The monoisotopic (exact) mass is 255 g/mol. The minimum absolute atomic E-state index is 0.256. The van der Waals surface area contributed by atoms with E-state index in [1.807, 2.05) is 6.07 Å². The lowest BCUT2D eigenvalue weighted by Gasteiger charge is -2.36. The molecule has 18 heavy (non-hydrogen) atoms. The average Bonchev–Trinajstić information content (AvgIpc) is 2.80. The number of nitrogens with one attached hydrogen (secondary N) is 1. The standard InChI is InChI=1S/C13H21NO4/c15-11(7-14-10-13(16)4-2-5-13)8-17-9-12-3-1-6-18-12/h1,3,6,11,14-16H,2,4-5,7-10H2. The first-order chi connectivity index (χ1) is 8.68. The summed E-state index contributed by atoms with van der Waals surface area (Å²) in [5.41, 5.74) is -0.547. The molecule has 3 N–H and O–H groups in total. The van der Waals surface area contributed by atoms with Crippen molar-refractivity contribution in [2.45, 2.75) is 37.6 Å². The molecule has 1 saturated carbocycles. The SMILES string of the molecule is OC(CNCC1(O)CCC1)COCc1ccco1. The van der Waals surface area contributed by atoms with Gasteiger partial charge in [-0.3, -0.25) is 0 Å². The quantitative estimate of drug-likeness (QED) is 0.636. The van der Waals surface area contributed by atoms with Crippen molar-refractivity contribution in [1.82, 2.24) is 5.32 Å². The highest BCUT2D eigenvalue weighted by Gasteiger charge is 2.33. The lowest BCUT2D eigenvalue weighted by Crippen LogP contribution is -2.48. The molecule has 1 aromatic heterocycles. The summed E-state index contributed by atoms with van der Waals surface area (Å²) in [4.78, 5) is 0. The lowest BCUT2D eigenvalue weighted by molar-refractivity contribution is -0.0354. The van der Waals surface area contributed by atoms with Crippen molar-refractivity contribution in [2.75, 3.05) is 19.7 Å². The molecule has 1 aliphatic rings. The number of aliphatic hydroxyl groups is 2. The molecule has 1 heterocycles. The molecule has 1 aliphatic carbocycles. The largest absolute Gasteiger partial charge is 0.467 e. The van der Waals surface area contributed by atoms with Gasteiger partial charge >= 0.3 is 0 Å². The van der Waals surface area contributed by atoms with Crippen molar-refractivity contribution in [2.24, 2.45) is 0 Å². The molecule has 0 bridgehead atoms. The highest BCUT2D eigenvalue weighted by molar-refractivity contribution is 4.96. The van der Waals surface area contributed by atoms with Crippen molar-refractivity contribution in [3.05, 3.63) is 24.2 Å². The van der Waals surface area contributed by atoms with Crippen molar-refractivity contribution < 1.29 is 19.4 Å². The Morgan fingerprint density at radius 1 is 1.50 bits per heavy atom. The number of ether oxygens (including phenoxy) is 1. The van der Waals surface area contributed by atoms with Gasteiger partial charge in [0.1, 0.15) is 12.4 Å². The molecule has 102 valence electrons. The Labute approximate surface area is 107 Å². The fraction of sp³-hybridized carbons (Fsp3) is 0.692. The average molecular weight is 255 g/mol. The molecule has 5 heteroatoms. The van der Waals surface area contributed by atoms with Crippen LogP contribution in [-0.4, -0.2) is 41.6 Å². The molecule has 1 atom stereocenters. The second-order valence-electron chi connectivity index (χ2n) is 4.96. The van der Waals surface area contributed by atoms with E-state index >= 15 is 0 Å². The molecule has 5 nitrogen and oxygen atoms in total. The molecular formula is C13H21NO4. The summed E-state index contributed by atoms with van der Waals surface area (Å²) in [6, 6.07) is 3.63. The topological polar surface area (TPSA) is 74.9 Å². The van der Waals surface area contributed by atoms with Gasteiger partial charge in [-0.05, 0) is 31.4 Å². The Hall–Kier alpha value is -0.880. The molecule has 1 fully saturated rings. The van der Waals surface area contributed by atoms with Gasteiger partial charge in [0.15, 0.2) is 0 Å². The van der Waals surface area contributed by atoms with Crippen LogP contribution in [0.25, 0.3) is 0 Å². The van der Waals surface area contributed by atoms with Gasteiger partial charge in [0, 0.05) is 13.1 Å². The molecule has 1 aromatic rings. The van der Waals surface area contributed by atoms with Crippen LogP contribution in [0, 0.1) is 0 Å². The van der Waals surface area contributed by atoms with Crippen LogP contribution in [0.3, 0.4) is 0 Å². The summed E-state index contributed by atoms with van der Waals surface area (Å²) in [6.07, 6.45) is 3.82. The van der Waals surface area contributed by atoms with Crippen LogP contribution in [0.5, 0.6) is 0 Å². The van der Waals surface area contributed by atoms with E-state index in [4.69, 9.17) is 9.15 Å². The number of hydrogen-bond acceptors (Lipinski definition) is 5. The van der Waals surface area contributed by atoms with Gasteiger partial charge in [0.2, 0.25) is 0 Å². The van der Waals surface area contributed by atoms with Gasteiger partial charge in [-0.25, -0.2) is 0 Å². The Balaban J connectivity index is 1.51. The molecule has 0 spiro atoms. The predicted molar refractivity (Wildman–Crippen MR) is 66.0 cm³/mol. The Kier molecular flexibility index (Phi) is 4.77. The van der Waals surface area contributed by atoms with Crippen LogP contribution in [-0.2, 0) is 11.3 Å². The van der Waals surface area contributed by atoms with Crippen molar-refractivity contribution >= 4 is 0 Å². The van der Waals surface area contributed by atoms with Gasteiger partial charge in [-0.15, -0.1) is 0 Å². The molecule has 0 aromatic carbocycles. The van der Waals surface area contributed by atoms with Crippen LogP contribution in [0.4, 0.5) is 0 Å². The Morgan fingerprint density at radius 2 is 2.33 bits per heavy atom. The van der Waals surface area contributed by atoms with E-state index in [9.17, 15) is 10.2 Å². The maximum Gasteiger partial charge on any atom is 0.129 e. The Bertz CT molecular complexity index is 335. The third-order valence-corrected chi connectivity index (χ3v) is 3.25. The predicted octanol–water partition coefficient (Wildman–Crippen LogP) is 0.662. The minimum Gasteiger partial charge on any atom is -0.467 e. The highest BCUT2D eigenvalue weighted by atomic mass is 16.5. The second-order valence-corrected chi connectivity index (χ2v) is 4.96. The van der Waals surface area contributed by atoms with Gasteiger partial charge in [-0.1, -0.05) is 0 Å². The second kappa shape index (κ2) is 6.33. The summed E-state index contributed by atoms with van der Waals surface area (Å²) >= 11 is 0. The molecule has 0 aliphatic heterocycles. The summed E-state index contributed by atoms with van der Waals surface area (Å²) < 4.78 is 10.4. The smallest absolute Gasteiger partial charge is 0.129 e. The lowest BCUT2D eigenvalue weighted by atomic mass is 9.80. The van der Waals surface area contributed by atoms with E-state index in [-0.39, 0.29) is 6.61 Å². The molecule has 2 rings (SSSR count). The van der Waals surface area contributed by atoms with Gasteiger partial charge in [0.25, 0.3) is 0 Å². The first-order valence-electron chi connectivity index (χ1n) is 6.39. The molecular weight excluding hydrogens is 234 g/mol. The van der Waals surface area contributed by atoms with Gasteiger partial charge < -0.3 is 24.7 Å². The van der Waals surface area contributed by atoms with Crippen molar-refractivity contribution in [3.8, 4) is 0 Å². The van der Waals surface area contributed by atoms with E-state index in [0.29, 0.717) is 19.7 Å². The molecule has 0 radical (unpaired) electrons. The molecule has 0 saturated heterocycles. The van der Waals surface area contributed by atoms with E-state index in [0.717, 1.165) is 25.0 Å². The van der Waals surface area contributed by atoms with Gasteiger partial charge in [0.05, 0.1) is 24.6 Å². The number of furan rings is 1. The van der Waals surface area contributed by atoms with Crippen LogP contribution in [0.15, 0.2) is 22.8 Å². The zero-order valence-electron chi connectivity index (χ0n) is 10.5. The first-order valence-corrected chi connectivity index (χ1v) is 6.39.